The van der Waals surface area contributed by atoms with E-state index in [4.69, 9.17) is 5.11 Å². The van der Waals surface area contributed by atoms with Gasteiger partial charge >= 0.3 is 0 Å². The highest BCUT2D eigenvalue weighted by molar-refractivity contribution is 5.79. The number of likely N-dealkylation sites (N-methyl/N-ethyl adjacent to an activating group) is 1. The number of nitrogens with zero attached hydrogens (tertiary/aromatic N) is 1. The van der Waals surface area contributed by atoms with Crippen molar-refractivity contribution in [3.63, 3.8) is 0 Å². The van der Waals surface area contributed by atoms with Gasteiger partial charge in [0.2, 0.25) is 5.91 Å². The van der Waals surface area contributed by atoms with E-state index in [1.165, 1.54) is 12.8 Å². The summed E-state index contributed by atoms with van der Waals surface area (Å²) in [6.45, 7) is 5.76. The first-order chi connectivity index (χ1) is 6.40. The van der Waals surface area contributed by atoms with E-state index < -0.39 is 5.54 Å². The largest absolute Gasteiger partial charge is 0.394 e. The molecule has 0 aromatic rings. The fourth-order valence-corrected chi connectivity index (χ4v) is 1.51. The van der Waals surface area contributed by atoms with E-state index in [0.717, 1.165) is 0 Å². The molecule has 0 bridgehead atoms. The van der Waals surface area contributed by atoms with Crippen molar-refractivity contribution in [2.75, 3.05) is 13.7 Å². The number of rotatable bonds is 4. The van der Waals surface area contributed by atoms with Gasteiger partial charge in [-0.05, 0) is 32.6 Å². The first-order valence-corrected chi connectivity index (χ1v) is 5.28. The van der Waals surface area contributed by atoms with Crippen LogP contribution in [0.15, 0.2) is 0 Å². The summed E-state index contributed by atoms with van der Waals surface area (Å²) in [5, 5.41) is 9.16. The summed E-state index contributed by atoms with van der Waals surface area (Å²) in [4.78, 5) is 13.6. The van der Waals surface area contributed by atoms with Crippen molar-refractivity contribution < 1.29 is 9.90 Å². The quantitative estimate of drug-likeness (QED) is 0.740. The average Bonchev–Trinajstić information content (AvgIpc) is 2.97. The molecule has 0 aliphatic heterocycles. The normalized spacial score (nSPS) is 19.2. The minimum absolute atomic E-state index is 0.00657. The average molecular weight is 199 g/mol. The summed E-state index contributed by atoms with van der Waals surface area (Å²) in [5.74, 6) is 0.858. The van der Waals surface area contributed by atoms with E-state index >= 15 is 0 Å². The third-order valence-corrected chi connectivity index (χ3v) is 3.34. The van der Waals surface area contributed by atoms with Crippen LogP contribution in [-0.2, 0) is 4.79 Å². The lowest BCUT2D eigenvalue weighted by Crippen LogP contribution is -2.49. The second-order valence-corrected chi connectivity index (χ2v) is 4.99. The van der Waals surface area contributed by atoms with Crippen molar-refractivity contribution >= 4 is 5.91 Å². The van der Waals surface area contributed by atoms with Gasteiger partial charge in [-0.2, -0.15) is 0 Å². The molecule has 82 valence electrons. The van der Waals surface area contributed by atoms with E-state index in [-0.39, 0.29) is 18.4 Å². The molecule has 1 fully saturated rings. The van der Waals surface area contributed by atoms with Gasteiger partial charge in [-0.15, -0.1) is 0 Å². The maximum absolute atomic E-state index is 11.9. The van der Waals surface area contributed by atoms with Crippen LogP contribution in [0.25, 0.3) is 0 Å². The molecule has 0 radical (unpaired) electrons. The van der Waals surface area contributed by atoms with Gasteiger partial charge in [0.15, 0.2) is 0 Å². The van der Waals surface area contributed by atoms with Gasteiger partial charge < -0.3 is 10.0 Å². The van der Waals surface area contributed by atoms with Crippen molar-refractivity contribution in [2.24, 2.45) is 11.8 Å². The Morgan fingerprint density at radius 2 is 2.07 bits per heavy atom. The lowest BCUT2D eigenvalue weighted by atomic mass is 9.99. The molecule has 3 nitrogen and oxygen atoms in total. The molecule has 0 aromatic carbocycles. The molecule has 1 unspecified atom stereocenters. The summed E-state index contributed by atoms with van der Waals surface area (Å²) in [5.41, 5.74) is -0.444. The Morgan fingerprint density at radius 1 is 1.57 bits per heavy atom. The molecule has 1 saturated carbocycles. The van der Waals surface area contributed by atoms with E-state index in [2.05, 4.69) is 0 Å². The number of aliphatic hydroxyl groups is 1. The Kier molecular flexibility index (Phi) is 3.20. The Hall–Kier alpha value is -0.570. The minimum Gasteiger partial charge on any atom is -0.394 e. The van der Waals surface area contributed by atoms with Crippen LogP contribution in [0.1, 0.15) is 33.6 Å². The predicted molar refractivity (Wildman–Crippen MR) is 55.8 cm³/mol. The SMILES string of the molecule is CC(C(=O)N(C)C(C)(C)CO)C1CC1. The Balaban J connectivity index is 2.58. The topological polar surface area (TPSA) is 40.5 Å². The van der Waals surface area contributed by atoms with Gasteiger partial charge in [0, 0.05) is 13.0 Å². The third-order valence-electron chi connectivity index (χ3n) is 3.34. The van der Waals surface area contributed by atoms with Gasteiger partial charge in [0.1, 0.15) is 0 Å². The van der Waals surface area contributed by atoms with Gasteiger partial charge in [0.25, 0.3) is 0 Å². The van der Waals surface area contributed by atoms with Crippen molar-refractivity contribution in [1.29, 1.82) is 0 Å². The van der Waals surface area contributed by atoms with E-state index in [0.29, 0.717) is 5.92 Å². The highest BCUT2D eigenvalue weighted by Gasteiger charge is 2.37. The zero-order valence-corrected chi connectivity index (χ0v) is 9.58. The molecule has 1 aliphatic rings. The molecule has 0 saturated heterocycles. The molecular weight excluding hydrogens is 178 g/mol. The first-order valence-electron chi connectivity index (χ1n) is 5.28. The third kappa shape index (κ3) is 2.27. The lowest BCUT2D eigenvalue weighted by Gasteiger charge is -2.35. The van der Waals surface area contributed by atoms with Crippen LogP contribution in [0.3, 0.4) is 0 Å². The zero-order valence-electron chi connectivity index (χ0n) is 9.58. The molecule has 1 N–H and O–H groups in total. The molecule has 0 spiro atoms. The van der Waals surface area contributed by atoms with Gasteiger partial charge in [-0.3, -0.25) is 4.79 Å². The summed E-state index contributed by atoms with van der Waals surface area (Å²) in [7, 11) is 1.78. The number of carbonyl (C=O) groups excluding carboxylic acids is 1. The smallest absolute Gasteiger partial charge is 0.225 e. The highest BCUT2D eigenvalue weighted by Crippen LogP contribution is 2.37. The molecule has 1 rings (SSSR count). The maximum atomic E-state index is 11.9. The van der Waals surface area contributed by atoms with Crippen LogP contribution < -0.4 is 0 Å². The van der Waals surface area contributed by atoms with Crippen molar-refractivity contribution in [3.05, 3.63) is 0 Å². The molecule has 1 atom stereocenters. The molecule has 0 aromatic heterocycles. The van der Waals surface area contributed by atoms with Gasteiger partial charge in [-0.25, -0.2) is 0 Å². The van der Waals surface area contributed by atoms with Crippen LogP contribution in [0, 0.1) is 11.8 Å². The van der Waals surface area contributed by atoms with E-state index in [1.54, 1.807) is 11.9 Å². The molecule has 14 heavy (non-hydrogen) atoms. The first kappa shape index (κ1) is 11.5. The summed E-state index contributed by atoms with van der Waals surface area (Å²) in [6, 6.07) is 0. The molecular formula is C11H21NO2. The summed E-state index contributed by atoms with van der Waals surface area (Å²) < 4.78 is 0. The Labute approximate surface area is 86.1 Å². The standard InChI is InChI=1S/C11H21NO2/c1-8(9-5-6-9)10(14)12(4)11(2,3)7-13/h8-9,13H,5-7H2,1-4H3. The van der Waals surface area contributed by atoms with Gasteiger partial charge in [0.05, 0.1) is 12.1 Å². The van der Waals surface area contributed by atoms with Crippen LogP contribution in [0.5, 0.6) is 0 Å². The maximum Gasteiger partial charge on any atom is 0.225 e. The fraction of sp³-hybridized carbons (Fsp3) is 0.909. The second kappa shape index (κ2) is 3.89. The monoisotopic (exact) mass is 199 g/mol. The number of carbonyl (C=O) groups is 1. The van der Waals surface area contributed by atoms with Crippen molar-refractivity contribution in [2.45, 2.75) is 39.2 Å². The van der Waals surface area contributed by atoms with Crippen LogP contribution >= 0.6 is 0 Å². The Bertz CT molecular complexity index is 221. The summed E-state index contributed by atoms with van der Waals surface area (Å²) in [6.07, 6.45) is 2.36. The minimum atomic E-state index is -0.444. The highest BCUT2D eigenvalue weighted by atomic mass is 16.3. The molecule has 3 heteroatoms. The molecule has 0 heterocycles. The number of aliphatic hydroxyl groups excluding tert-OH is 1. The second-order valence-electron chi connectivity index (χ2n) is 4.99. The van der Waals surface area contributed by atoms with Crippen LogP contribution in [0.2, 0.25) is 0 Å². The number of hydrogen-bond donors (Lipinski definition) is 1. The van der Waals surface area contributed by atoms with Gasteiger partial charge in [-0.1, -0.05) is 6.92 Å². The van der Waals surface area contributed by atoms with E-state index in [1.807, 2.05) is 20.8 Å². The van der Waals surface area contributed by atoms with Crippen LogP contribution in [0.4, 0.5) is 0 Å². The van der Waals surface area contributed by atoms with Crippen molar-refractivity contribution in [3.8, 4) is 0 Å². The van der Waals surface area contributed by atoms with E-state index in [9.17, 15) is 4.79 Å². The zero-order chi connectivity index (χ0) is 10.9. The Morgan fingerprint density at radius 3 is 2.43 bits per heavy atom. The molecule has 1 amide bonds. The summed E-state index contributed by atoms with van der Waals surface area (Å²) >= 11 is 0. The fourth-order valence-electron chi connectivity index (χ4n) is 1.51. The number of amides is 1. The predicted octanol–water partition coefficient (Wildman–Crippen LogP) is 1.26. The molecule has 1 aliphatic carbocycles. The van der Waals surface area contributed by atoms with Crippen molar-refractivity contribution in [1.82, 2.24) is 4.90 Å². The lowest BCUT2D eigenvalue weighted by molar-refractivity contribution is -0.140. The van der Waals surface area contributed by atoms with Crippen LogP contribution in [-0.4, -0.2) is 35.1 Å². The number of hydrogen-bond acceptors (Lipinski definition) is 2.